The summed E-state index contributed by atoms with van der Waals surface area (Å²) in [6.07, 6.45) is 3.45. The molecule has 21 heavy (non-hydrogen) atoms. The van der Waals surface area contributed by atoms with E-state index in [9.17, 15) is 0 Å². The van der Waals surface area contributed by atoms with Crippen LogP contribution in [0.5, 0.6) is 0 Å². The van der Waals surface area contributed by atoms with Gasteiger partial charge in [-0.1, -0.05) is 26.0 Å². The topological polar surface area (TPSA) is 24.5 Å². The lowest BCUT2D eigenvalue weighted by Crippen LogP contribution is -2.25. The molecule has 1 unspecified atom stereocenters. The van der Waals surface area contributed by atoms with Gasteiger partial charge in [-0.15, -0.1) is 0 Å². The number of fused-ring (bicyclic) bond motifs is 1. The van der Waals surface area contributed by atoms with E-state index in [2.05, 4.69) is 49.2 Å². The first-order chi connectivity index (χ1) is 10.3. The monoisotopic (exact) mass is 290 g/mol. The highest BCUT2D eigenvalue weighted by atomic mass is 16.5. The highest BCUT2D eigenvalue weighted by Crippen LogP contribution is 2.30. The summed E-state index contributed by atoms with van der Waals surface area (Å²) in [4.78, 5) is 2.46. The molecule has 0 aromatic heterocycles. The van der Waals surface area contributed by atoms with E-state index in [1.54, 1.807) is 0 Å². The van der Waals surface area contributed by atoms with E-state index in [0.717, 1.165) is 45.7 Å². The number of anilines is 1. The second kappa shape index (κ2) is 8.40. The molecule has 1 aromatic rings. The van der Waals surface area contributed by atoms with Crippen molar-refractivity contribution < 1.29 is 4.74 Å². The van der Waals surface area contributed by atoms with Gasteiger partial charge >= 0.3 is 0 Å². The summed E-state index contributed by atoms with van der Waals surface area (Å²) in [5, 5.41) is 3.57. The van der Waals surface area contributed by atoms with Gasteiger partial charge in [0.2, 0.25) is 0 Å². The molecular weight excluding hydrogens is 260 g/mol. The minimum absolute atomic E-state index is 0.442. The second-order valence-electron chi connectivity index (χ2n) is 5.91. The van der Waals surface area contributed by atoms with Crippen LogP contribution < -0.4 is 10.2 Å². The molecule has 1 N–H and O–H groups in total. The molecule has 1 aromatic carbocycles. The maximum atomic E-state index is 5.61. The molecule has 0 fully saturated rings. The van der Waals surface area contributed by atoms with Gasteiger partial charge in [0, 0.05) is 31.4 Å². The van der Waals surface area contributed by atoms with Crippen LogP contribution in [0.3, 0.4) is 0 Å². The molecule has 3 nitrogen and oxygen atoms in total. The first-order valence-electron chi connectivity index (χ1n) is 8.45. The average molecular weight is 290 g/mol. The molecule has 1 atom stereocenters. The predicted octanol–water partition coefficient (Wildman–Crippen LogP) is 3.54. The van der Waals surface area contributed by atoms with E-state index < -0.39 is 0 Å². The van der Waals surface area contributed by atoms with Crippen molar-refractivity contribution in [3.63, 3.8) is 0 Å². The van der Waals surface area contributed by atoms with E-state index in [0.29, 0.717) is 6.04 Å². The quantitative estimate of drug-likeness (QED) is 0.704. The number of ether oxygens (including phenoxy) is 1. The van der Waals surface area contributed by atoms with E-state index in [1.807, 2.05) is 0 Å². The Morgan fingerprint density at radius 2 is 2.10 bits per heavy atom. The summed E-state index contributed by atoms with van der Waals surface area (Å²) < 4.78 is 5.61. The predicted molar refractivity (Wildman–Crippen MR) is 90.2 cm³/mol. The van der Waals surface area contributed by atoms with Crippen molar-refractivity contribution in [3.8, 4) is 0 Å². The van der Waals surface area contributed by atoms with Crippen LogP contribution in [-0.4, -0.2) is 32.8 Å². The van der Waals surface area contributed by atoms with Crippen molar-refractivity contribution in [3.05, 3.63) is 29.3 Å². The average Bonchev–Trinajstić information content (AvgIpc) is 2.91. The Labute approximate surface area is 129 Å². The summed E-state index contributed by atoms with van der Waals surface area (Å²) >= 11 is 0. The number of benzene rings is 1. The molecule has 3 heteroatoms. The fraction of sp³-hybridized carbons (Fsp3) is 0.667. The van der Waals surface area contributed by atoms with Crippen LogP contribution in [0, 0.1) is 0 Å². The van der Waals surface area contributed by atoms with Crippen molar-refractivity contribution >= 4 is 5.69 Å². The molecule has 1 aliphatic heterocycles. The Morgan fingerprint density at radius 3 is 2.86 bits per heavy atom. The zero-order valence-electron chi connectivity index (χ0n) is 13.8. The Balaban J connectivity index is 1.93. The summed E-state index contributed by atoms with van der Waals surface area (Å²) in [5.41, 5.74) is 4.31. The van der Waals surface area contributed by atoms with Crippen LogP contribution in [0.25, 0.3) is 0 Å². The minimum Gasteiger partial charge on any atom is -0.380 e. The molecule has 0 amide bonds. The lowest BCUT2D eigenvalue weighted by molar-refractivity contribution is 0.141. The van der Waals surface area contributed by atoms with Gasteiger partial charge in [0.15, 0.2) is 0 Å². The Kier molecular flexibility index (Phi) is 6.52. The van der Waals surface area contributed by atoms with Crippen molar-refractivity contribution in [1.29, 1.82) is 0 Å². The van der Waals surface area contributed by atoms with Crippen LogP contribution in [0.2, 0.25) is 0 Å². The molecular formula is C18H30N2O. The third kappa shape index (κ3) is 4.45. The van der Waals surface area contributed by atoms with Gasteiger partial charge in [-0.25, -0.2) is 0 Å². The van der Waals surface area contributed by atoms with Gasteiger partial charge in [-0.3, -0.25) is 0 Å². The van der Waals surface area contributed by atoms with E-state index >= 15 is 0 Å². The van der Waals surface area contributed by atoms with Crippen molar-refractivity contribution in [1.82, 2.24) is 5.32 Å². The van der Waals surface area contributed by atoms with Crippen LogP contribution in [0.4, 0.5) is 5.69 Å². The van der Waals surface area contributed by atoms with Crippen molar-refractivity contribution in [2.45, 2.75) is 46.1 Å². The van der Waals surface area contributed by atoms with Crippen molar-refractivity contribution in [2.75, 3.05) is 37.7 Å². The number of nitrogens with one attached hydrogen (secondary N) is 1. The molecule has 0 spiro atoms. The summed E-state index contributed by atoms with van der Waals surface area (Å²) in [5.74, 6) is 0. The maximum Gasteiger partial charge on any atom is 0.0641 e. The maximum absolute atomic E-state index is 5.61. The van der Waals surface area contributed by atoms with Crippen molar-refractivity contribution in [2.24, 2.45) is 0 Å². The molecule has 0 aliphatic carbocycles. The van der Waals surface area contributed by atoms with Crippen LogP contribution >= 0.6 is 0 Å². The lowest BCUT2D eigenvalue weighted by atomic mass is 10.0. The normalized spacial score (nSPS) is 15.3. The highest BCUT2D eigenvalue weighted by molar-refractivity contribution is 5.59. The van der Waals surface area contributed by atoms with Crippen LogP contribution in [0.15, 0.2) is 18.2 Å². The molecule has 0 saturated heterocycles. The van der Waals surface area contributed by atoms with Gasteiger partial charge in [0.25, 0.3) is 0 Å². The summed E-state index contributed by atoms with van der Waals surface area (Å²) in [6.45, 7) is 11.5. The van der Waals surface area contributed by atoms with Gasteiger partial charge in [0.05, 0.1) is 6.61 Å². The SMILES string of the molecule is CCCNC(C)c1ccc2c(c1)CCN2CCOCCC. The molecule has 0 radical (unpaired) electrons. The van der Waals surface area contributed by atoms with E-state index in [4.69, 9.17) is 4.74 Å². The van der Waals surface area contributed by atoms with Gasteiger partial charge in [0.1, 0.15) is 0 Å². The third-order valence-corrected chi connectivity index (χ3v) is 4.15. The Bertz CT molecular complexity index is 433. The zero-order chi connectivity index (χ0) is 15.1. The zero-order valence-corrected chi connectivity index (χ0v) is 13.8. The fourth-order valence-electron chi connectivity index (χ4n) is 2.89. The fourth-order valence-corrected chi connectivity index (χ4v) is 2.89. The van der Waals surface area contributed by atoms with Crippen LogP contribution in [-0.2, 0) is 11.2 Å². The first-order valence-corrected chi connectivity index (χ1v) is 8.45. The van der Waals surface area contributed by atoms with E-state index in [1.165, 1.54) is 23.2 Å². The number of hydrogen-bond acceptors (Lipinski definition) is 3. The molecule has 2 rings (SSSR count). The third-order valence-electron chi connectivity index (χ3n) is 4.15. The molecule has 1 aliphatic rings. The number of hydrogen-bond donors (Lipinski definition) is 1. The minimum atomic E-state index is 0.442. The largest absolute Gasteiger partial charge is 0.380 e. The van der Waals surface area contributed by atoms with E-state index in [-0.39, 0.29) is 0 Å². The van der Waals surface area contributed by atoms with Gasteiger partial charge < -0.3 is 15.0 Å². The molecule has 1 heterocycles. The number of nitrogens with zero attached hydrogens (tertiary/aromatic N) is 1. The second-order valence-corrected chi connectivity index (χ2v) is 5.91. The van der Waals surface area contributed by atoms with Crippen LogP contribution in [0.1, 0.15) is 50.8 Å². The highest BCUT2D eigenvalue weighted by Gasteiger charge is 2.19. The first kappa shape index (κ1) is 16.3. The smallest absolute Gasteiger partial charge is 0.0641 e. The summed E-state index contributed by atoms with van der Waals surface area (Å²) in [7, 11) is 0. The molecule has 118 valence electrons. The molecule has 0 saturated carbocycles. The van der Waals surface area contributed by atoms with Gasteiger partial charge in [-0.2, -0.15) is 0 Å². The molecule has 0 bridgehead atoms. The van der Waals surface area contributed by atoms with Gasteiger partial charge in [-0.05, 0) is 49.9 Å². The Morgan fingerprint density at radius 1 is 1.24 bits per heavy atom. The number of rotatable bonds is 9. The lowest BCUT2D eigenvalue weighted by Gasteiger charge is -2.20. The Hall–Kier alpha value is -1.06. The standard InChI is InChI=1S/C18H30N2O/c1-4-9-19-15(3)16-6-7-18-17(14-16)8-10-20(18)11-13-21-12-5-2/h6-7,14-15,19H,4-5,8-13H2,1-3H3. The summed E-state index contributed by atoms with van der Waals surface area (Å²) in [6, 6.07) is 7.39.